The maximum absolute atomic E-state index is 5.13. The summed E-state index contributed by atoms with van der Waals surface area (Å²) >= 11 is 0. The molecule has 7 rings (SSSR count). The summed E-state index contributed by atoms with van der Waals surface area (Å²) in [7, 11) is 0. The highest BCUT2D eigenvalue weighted by molar-refractivity contribution is 5.86. The molecule has 0 saturated carbocycles. The smallest absolute Gasteiger partial charge is 0.160 e. The number of para-hydroxylation sites is 1. The van der Waals surface area contributed by atoms with Crippen LogP contribution in [0.2, 0.25) is 0 Å². The normalized spacial score (nSPS) is 13.5. The van der Waals surface area contributed by atoms with E-state index in [1.54, 1.807) is 0 Å². The third-order valence-corrected chi connectivity index (χ3v) is 7.16. The minimum atomic E-state index is -0.147. The zero-order valence-corrected chi connectivity index (χ0v) is 20.2. The van der Waals surface area contributed by atoms with Crippen LogP contribution >= 0.6 is 0 Å². The Balaban J connectivity index is 1.42. The molecule has 1 aliphatic rings. The van der Waals surface area contributed by atoms with Crippen LogP contribution in [0, 0.1) is 0 Å². The molecule has 4 aromatic carbocycles. The number of imidazole rings is 1. The predicted octanol–water partition coefficient (Wildman–Crippen LogP) is 7.46. The molecular formula is C32H24N4. The molecule has 4 heteroatoms. The fraction of sp³-hybridized carbons (Fsp3) is 0.0938. The minimum Gasteiger partial charge on any atom is -0.295 e. The maximum atomic E-state index is 5.13. The first-order chi connectivity index (χ1) is 17.6. The molecule has 0 N–H and O–H groups in total. The van der Waals surface area contributed by atoms with Crippen molar-refractivity contribution >= 4 is 11.0 Å². The molecule has 0 fully saturated rings. The molecule has 0 aliphatic carbocycles. The van der Waals surface area contributed by atoms with Gasteiger partial charge in [0.25, 0.3) is 0 Å². The summed E-state index contributed by atoms with van der Waals surface area (Å²) in [5, 5.41) is 0. The van der Waals surface area contributed by atoms with Crippen LogP contribution in [0.15, 0.2) is 109 Å². The van der Waals surface area contributed by atoms with Gasteiger partial charge in [0.2, 0.25) is 0 Å². The molecule has 6 aromatic rings. The second kappa shape index (κ2) is 7.72. The molecular weight excluding hydrogens is 440 g/mol. The molecule has 4 nitrogen and oxygen atoms in total. The lowest BCUT2D eigenvalue weighted by atomic mass is 9.86. The average Bonchev–Trinajstić information content (AvgIpc) is 3.43. The summed E-state index contributed by atoms with van der Waals surface area (Å²) in [4.78, 5) is 15.0. The highest BCUT2D eigenvalue weighted by Crippen LogP contribution is 2.44. The van der Waals surface area contributed by atoms with E-state index < -0.39 is 0 Å². The average molecular weight is 465 g/mol. The van der Waals surface area contributed by atoms with Crippen LogP contribution in [-0.4, -0.2) is 19.5 Å². The third kappa shape index (κ3) is 3.11. The zero-order valence-electron chi connectivity index (χ0n) is 20.2. The maximum Gasteiger partial charge on any atom is 0.160 e. The van der Waals surface area contributed by atoms with Gasteiger partial charge in [0.05, 0.1) is 33.5 Å². The summed E-state index contributed by atoms with van der Waals surface area (Å²) in [5.41, 5.74) is 9.36. The van der Waals surface area contributed by atoms with Gasteiger partial charge in [-0.1, -0.05) is 84.9 Å². The Labute approximate surface area is 210 Å². The van der Waals surface area contributed by atoms with E-state index in [1.165, 1.54) is 11.3 Å². The monoisotopic (exact) mass is 464 g/mol. The number of aromatic nitrogens is 4. The van der Waals surface area contributed by atoms with Gasteiger partial charge in [-0.15, -0.1) is 0 Å². The Morgan fingerprint density at radius 2 is 1.22 bits per heavy atom. The van der Waals surface area contributed by atoms with Gasteiger partial charge in [0.15, 0.2) is 5.82 Å². The van der Waals surface area contributed by atoms with Crippen LogP contribution in [-0.2, 0) is 5.41 Å². The molecule has 172 valence electrons. The van der Waals surface area contributed by atoms with Gasteiger partial charge in [0, 0.05) is 16.7 Å². The van der Waals surface area contributed by atoms with E-state index in [1.807, 2.05) is 36.4 Å². The Morgan fingerprint density at radius 3 is 1.97 bits per heavy atom. The predicted molar refractivity (Wildman–Crippen MR) is 145 cm³/mol. The number of rotatable bonds is 3. The summed E-state index contributed by atoms with van der Waals surface area (Å²) in [6.45, 7) is 4.50. The first-order valence-electron chi connectivity index (χ1n) is 12.2. The van der Waals surface area contributed by atoms with Crippen molar-refractivity contribution in [1.29, 1.82) is 0 Å². The van der Waals surface area contributed by atoms with E-state index in [0.29, 0.717) is 0 Å². The molecule has 0 atom stereocenters. The van der Waals surface area contributed by atoms with E-state index in [4.69, 9.17) is 15.0 Å². The van der Waals surface area contributed by atoms with Crippen molar-refractivity contribution in [2.24, 2.45) is 0 Å². The largest absolute Gasteiger partial charge is 0.295 e. The third-order valence-electron chi connectivity index (χ3n) is 7.16. The van der Waals surface area contributed by atoms with E-state index in [9.17, 15) is 0 Å². The van der Waals surface area contributed by atoms with Gasteiger partial charge in [0.1, 0.15) is 5.82 Å². The molecule has 36 heavy (non-hydrogen) atoms. The van der Waals surface area contributed by atoms with Gasteiger partial charge in [-0.05, 0) is 43.7 Å². The van der Waals surface area contributed by atoms with Gasteiger partial charge < -0.3 is 0 Å². The molecule has 0 radical (unpaired) electrons. The lowest BCUT2D eigenvalue weighted by Gasteiger charge is -2.17. The highest BCUT2D eigenvalue weighted by atomic mass is 15.1. The Morgan fingerprint density at radius 1 is 0.583 bits per heavy atom. The SMILES string of the molecule is CC1(C)c2ccccc2-n2c1nc1cc(-c3cc(-c4ccccc4)nc(-c4ccccc4)n3)ccc12. The topological polar surface area (TPSA) is 43.6 Å². The Kier molecular flexibility index (Phi) is 4.45. The molecule has 0 spiro atoms. The van der Waals surface area contributed by atoms with Crippen molar-refractivity contribution < 1.29 is 0 Å². The number of benzene rings is 4. The van der Waals surface area contributed by atoms with Crippen LogP contribution in [0.25, 0.3) is 50.6 Å². The number of fused-ring (bicyclic) bond motifs is 5. The van der Waals surface area contributed by atoms with Crippen molar-refractivity contribution in [1.82, 2.24) is 19.5 Å². The molecule has 0 saturated heterocycles. The Bertz CT molecular complexity index is 1690. The second-order valence-electron chi connectivity index (χ2n) is 9.81. The van der Waals surface area contributed by atoms with E-state index in [2.05, 4.69) is 91.2 Å². The van der Waals surface area contributed by atoms with E-state index >= 15 is 0 Å². The van der Waals surface area contributed by atoms with Crippen LogP contribution in [0.1, 0.15) is 25.2 Å². The van der Waals surface area contributed by atoms with Crippen molar-refractivity contribution in [2.75, 3.05) is 0 Å². The number of hydrogen-bond donors (Lipinski definition) is 0. The number of hydrogen-bond acceptors (Lipinski definition) is 3. The summed E-state index contributed by atoms with van der Waals surface area (Å²) < 4.78 is 2.30. The van der Waals surface area contributed by atoms with Crippen molar-refractivity contribution in [2.45, 2.75) is 19.3 Å². The Hall–Kier alpha value is -4.57. The summed E-state index contributed by atoms with van der Waals surface area (Å²) in [5.74, 6) is 1.79. The minimum absolute atomic E-state index is 0.147. The zero-order chi connectivity index (χ0) is 24.3. The molecule has 2 aromatic heterocycles. The quantitative estimate of drug-likeness (QED) is 0.273. The van der Waals surface area contributed by atoms with Gasteiger partial charge in [-0.25, -0.2) is 15.0 Å². The van der Waals surface area contributed by atoms with Crippen LogP contribution in [0.3, 0.4) is 0 Å². The van der Waals surface area contributed by atoms with Crippen LogP contribution in [0.5, 0.6) is 0 Å². The molecule has 1 aliphatic heterocycles. The van der Waals surface area contributed by atoms with Crippen molar-refractivity contribution in [3.8, 4) is 39.6 Å². The lowest BCUT2D eigenvalue weighted by molar-refractivity contribution is 0.621. The van der Waals surface area contributed by atoms with Crippen molar-refractivity contribution in [3.63, 3.8) is 0 Å². The molecule has 0 bridgehead atoms. The van der Waals surface area contributed by atoms with Gasteiger partial charge in [-0.2, -0.15) is 0 Å². The van der Waals surface area contributed by atoms with Crippen LogP contribution in [0.4, 0.5) is 0 Å². The fourth-order valence-electron chi connectivity index (χ4n) is 5.29. The van der Waals surface area contributed by atoms with E-state index in [-0.39, 0.29) is 5.41 Å². The highest BCUT2D eigenvalue weighted by Gasteiger charge is 2.38. The molecule has 0 amide bonds. The fourth-order valence-corrected chi connectivity index (χ4v) is 5.29. The van der Waals surface area contributed by atoms with Gasteiger partial charge in [-0.3, -0.25) is 4.57 Å². The second-order valence-corrected chi connectivity index (χ2v) is 9.81. The standard InChI is InChI=1S/C32H24N4/c1-32(2)24-15-9-10-16-28(24)36-29-18-17-23(19-27(29)35-31(32)36)26-20-25(21-11-5-3-6-12-21)33-30(34-26)22-13-7-4-8-14-22/h3-20H,1-2H3. The molecule has 0 unspecified atom stereocenters. The lowest BCUT2D eigenvalue weighted by Crippen LogP contribution is -2.16. The van der Waals surface area contributed by atoms with Gasteiger partial charge >= 0.3 is 0 Å². The summed E-state index contributed by atoms with van der Waals surface area (Å²) in [6, 6.07) is 37.6. The first kappa shape index (κ1) is 20.8. The van der Waals surface area contributed by atoms with E-state index in [0.717, 1.165) is 50.8 Å². The van der Waals surface area contributed by atoms with Crippen molar-refractivity contribution in [3.05, 3.63) is 121 Å². The summed E-state index contributed by atoms with van der Waals surface area (Å²) in [6.07, 6.45) is 0. The van der Waals surface area contributed by atoms with Crippen LogP contribution < -0.4 is 0 Å². The molecule has 3 heterocycles. The number of nitrogens with zero attached hydrogens (tertiary/aromatic N) is 4. The first-order valence-corrected chi connectivity index (χ1v) is 12.2.